The van der Waals surface area contributed by atoms with Gasteiger partial charge in [-0.1, -0.05) is 0 Å². The van der Waals surface area contributed by atoms with Gasteiger partial charge in [0.25, 0.3) is 0 Å². The summed E-state index contributed by atoms with van der Waals surface area (Å²) in [5.74, 6) is 0. The average Bonchev–Trinajstić information content (AvgIpc) is 3.03. The molecule has 4 aliphatic rings. The van der Waals surface area contributed by atoms with Crippen molar-refractivity contribution in [1.29, 1.82) is 0 Å². The topological polar surface area (TPSA) is 13.0 Å². The molecule has 0 spiro atoms. The maximum absolute atomic E-state index is 2.64. The number of rotatable bonds is 2. The highest BCUT2D eigenvalue weighted by molar-refractivity contribution is 4.90. The highest BCUT2D eigenvalue weighted by Crippen LogP contribution is 2.33. The first-order valence-electron chi connectivity index (χ1n) is 6.45. The van der Waals surface area contributed by atoms with Crippen molar-refractivity contribution in [2.24, 2.45) is 0 Å². The minimum Gasteiger partial charge on any atom is -0.240 e. The van der Waals surface area contributed by atoms with Crippen molar-refractivity contribution in [2.75, 3.05) is 32.8 Å². The van der Waals surface area contributed by atoms with Crippen LogP contribution < -0.4 is 0 Å². The van der Waals surface area contributed by atoms with E-state index in [0.717, 1.165) is 12.1 Å². The third kappa shape index (κ3) is 1.22. The van der Waals surface area contributed by atoms with Crippen molar-refractivity contribution >= 4 is 0 Å². The highest BCUT2D eigenvalue weighted by atomic mass is 15.8. The van der Waals surface area contributed by atoms with Gasteiger partial charge in [0.1, 0.15) is 0 Å². The van der Waals surface area contributed by atoms with Crippen LogP contribution in [0, 0.1) is 0 Å². The van der Waals surface area contributed by atoms with Gasteiger partial charge in [0.15, 0.2) is 0 Å². The number of piperidine rings is 2. The lowest BCUT2D eigenvalue weighted by molar-refractivity contribution is -0.0668. The molecule has 4 saturated heterocycles. The van der Waals surface area contributed by atoms with Crippen LogP contribution in [0.5, 0.6) is 0 Å². The van der Waals surface area contributed by atoms with Crippen LogP contribution in [-0.4, -0.2) is 65.0 Å². The van der Waals surface area contributed by atoms with Gasteiger partial charge in [-0.3, -0.25) is 0 Å². The molecule has 0 aromatic heterocycles. The summed E-state index contributed by atoms with van der Waals surface area (Å²) < 4.78 is 0. The molecular weight excluding hydrogens is 188 g/mol. The summed E-state index contributed by atoms with van der Waals surface area (Å²) in [5, 5.41) is 10.4. The zero-order valence-electron chi connectivity index (χ0n) is 9.31. The summed E-state index contributed by atoms with van der Waals surface area (Å²) in [6.07, 6.45) is 5.61. The third-order valence-corrected chi connectivity index (χ3v) is 4.74. The molecule has 4 bridgehead atoms. The summed E-state index contributed by atoms with van der Waals surface area (Å²) in [6, 6.07) is 1.73. The second kappa shape index (κ2) is 3.17. The van der Waals surface area contributed by atoms with Gasteiger partial charge in [-0.15, -0.1) is 0 Å². The lowest BCUT2D eigenvalue weighted by Gasteiger charge is -2.32. The second-order valence-electron chi connectivity index (χ2n) is 5.39. The third-order valence-electron chi connectivity index (χ3n) is 4.74. The van der Waals surface area contributed by atoms with E-state index >= 15 is 0 Å². The zero-order valence-corrected chi connectivity index (χ0v) is 9.31. The molecule has 0 N–H and O–H groups in total. The van der Waals surface area contributed by atoms with Crippen LogP contribution >= 0.6 is 0 Å². The maximum atomic E-state index is 2.64. The smallest absolute Gasteiger partial charge is 0.0792 e. The fourth-order valence-electron chi connectivity index (χ4n) is 3.83. The Morgan fingerprint density at radius 3 is 1.33 bits per heavy atom. The van der Waals surface area contributed by atoms with E-state index in [9.17, 15) is 0 Å². The predicted octanol–water partition coefficient (Wildman–Crippen LogP) is 0.334. The predicted molar refractivity (Wildman–Crippen MR) is 57.7 cm³/mol. The lowest BCUT2D eigenvalue weighted by Crippen LogP contribution is -2.46. The van der Waals surface area contributed by atoms with Crippen LogP contribution in [0.2, 0.25) is 0 Å². The van der Waals surface area contributed by atoms with Crippen LogP contribution in [0.15, 0.2) is 0 Å². The Labute approximate surface area is 91.3 Å². The van der Waals surface area contributed by atoms with Gasteiger partial charge in [0.2, 0.25) is 0 Å². The van der Waals surface area contributed by atoms with Crippen LogP contribution in [-0.2, 0) is 0 Å². The van der Waals surface area contributed by atoms with Crippen molar-refractivity contribution in [1.82, 2.24) is 20.0 Å². The van der Waals surface area contributed by atoms with Gasteiger partial charge in [-0.25, -0.2) is 20.0 Å². The quantitative estimate of drug-likeness (QED) is 0.648. The standard InChI is InChI=1S/C11H20N4/c1-5-12-6-2-10(1)14(12)9-15-11-3-7-13(15)8-4-11/h10-11H,1-9H2. The van der Waals surface area contributed by atoms with E-state index in [2.05, 4.69) is 20.0 Å². The largest absolute Gasteiger partial charge is 0.240 e. The monoisotopic (exact) mass is 208 g/mol. The summed E-state index contributed by atoms with van der Waals surface area (Å²) in [4.78, 5) is 0. The summed E-state index contributed by atoms with van der Waals surface area (Å²) in [6.45, 7) is 6.41. The van der Waals surface area contributed by atoms with Crippen molar-refractivity contribution in [3.63, 3.8) is 0 Å². The van der Waals surface area contributed by atoms with Gasteiger partial charge in [0, 0.05) is 38.3 Å². The Balaban J connectivity index is 1.48. The van der Waals surface area contributed by atoms with Gasteiger partial charge in [0.05, 0.1) is 6.67 Å². The molecule has 0 aliphatic carbocycles. The molecule has 15 heavy (non-hydrogen) atoms. The molecule has 0 amide bonds. The molecule has 0 radical (unpaired) electrons. The Bertz CT molecular complexity index is 203. The Hall–Kier alpha value is -0.160. The summed E-state index contributed by atoms with van der Waals surface area (Å²) in [5.41, 5.74) is 0. The van der Waals surface area contributed by atoms with Crippen molar-refractivity contribution in [3.8, 4) is 0 Å². The maximum Gasteiger partial charge on any atom is 0.0792 e. The zero-order chi connectivity index (χ0) is 9.83. The highest BCUT2D eigenvalue weighted by Gasteiger charge is 2.43. The van der Waals surface area contributed by atoms with E-state index in [1.807, 2.05) is 0 Å². The molecule has 0 aromatic carbocycles. The molecule has 0 saturated carbocycles. The lowest BCUT2D eigenvalue weighted by atomic mass is 10.1. The van der Waals surface area contributed by atoms with Gasteiger partial charge in [-0.2, -0.15) is 0 Å². The summed E-state index contributed by atoms with van der Waals surface area (Å²) in [7, 11) is 0. The molecule has 4 heteroatoms. The number of fused-ring (bicyclic) bond motifs is 4. The summed E-state index contributed by atoms with van der Waals surface area (Å²) >= 11 is 0. The number of nitrogens with zero attached hydrogens (tertiary/aromatic N) is 4. The molecular formula is C11H20N4. The fraction of sp³-hybridized carbons (Fsp3) is 1.00. The molecule has 0 atom stereocenters. The number of hydrogen-bond donors (Lipinski definition) is 0. The molecule has 4 aliphatic heterocycles. The van der Waals surface area contributed by atoms with E-state index in [4.69, 9.17) is 0 Å². The van der Waals surface area contributed by atoms with Crippen LogP contribution in [0.1, 0.15) is 25.7 Å². The Morgan fingerprint density at radius 1 is 0.667 bits per heavy atom. The Kier molecular flexibility index (Phi) is 1.89. The van der Waals surface area contributed by atoms with Gasteiger partial charge >= 0.3 is 0 Å². The average molecular weight is 208 g/mol. The minimum atomic E-state index is 0.867. The van der Waals surface area contributed by atoms with Gasteiger partial charge in [-0.05, 0) is 25.7 Å². The van der Waals surface area contributed by atoms with Crippen molar-refractivity contribution < 1.29 is 0 Å². The minimum absolute atomic E-state index is 0.867. The van der Waals surface area contributed by atoms with E-state index in [1.165, 1.54) is 58.5 Å². The number of hydrazine groups is 2. The molecule has 84 valence electrons. The van der Waals surface area contributed by atoms with Gasteiger partial charge < -0.3 is 0 Å². The normalized spacial score (nSPS) is 49.6. The van der Waals surface area contributed by atoms with Crippen LogP contribution in [0.25, 0.3) is 0 Å². The molecule has 4 nitrogen and oxygen atoms in total. The first kappa shape index (κ1) is 8.93. The van der Waals surface area contributed by atoms with E-state index < -0.39 is 0 Å². The van der Waals surface area contributed by atoms with Crippen LogP contribution in [0.3, 0.4) is 0 Å². The molecule has 4 rings (SSSR count). The molecule has 0 unspecified atom stereocenters. The Morgan fingerprint density at radius 2 is 1.07 bits per heavy atom. The van der Waals surface area contributed by atoms with E-state index in [-0.39, 0.29) is 0 Å². The molecule has 4 fully saturated rings. The van der Waals surface area contributed by atoms with E-state index in [1.54, 1.807) is 0 Å². The first-order chi connectivity index (χ1) is 7.42. The number of hydrogen-bond acceptors (Lipinski definition) is 4. The fourth-order valence-corrected chi connectivity index (χ4v) is 3.83. The SMILES string of the molecule is C1CN2CCC1N2CN1C2CCN1CC2. The van der Waals surface area contributed by atoms with Crippen molar-refractivity contribution in [2.45, 2.75) is 37.8 Å². The second-order valence-corrected chi connectivity index (χ2v) is 5.39. The van der Waals surface area contributed by atoms with Crippen LogP contribution in [0.4, 0.5) is 0 Å². The van der Waals surface area contributed by atoms with E-state index in [0.29, 0.717) is 0 Å². The first-order valence-corrected chi connectivity index (χ1v) is 6.45. The molecule has 0 aromatic rings. The molecule has 4 heterocycles. The van der Waals surface area contributed by atoms with Crippen molar-refractivity contribution in [3.05, 3.63) is 0 Å².